The molecule has 0 amide bonds. The first-order valence-electron chi connectivity index (χ1n) is 8.40. The second kappa shape index (κ2) is 7.85. The first-order chi connectivity index (χ1) is 11.3. The van der Waals surface area contributed by atoms with E-state index in [2.05, 4.69) is 29.6 Å². The van der Waals surface area contributed by atoms with E-state index in [4.69, 9.17) is 16.3 Å². The van der Waals surface area contributed by atoms with Crippen LogP contribution < -0.4 is 10.1 Å². The highest BCUT2D eigenvalue weighted by Gasteiger charge is 2.14. The summed E-state index contributed by atoms with van der Waals surface area (Å²) < 4.78 is 5.45. The second-order valence-corrected chi connectivity index (χ2v) is 6.66. The molecular weight excluding hydrogens is 306 g/mol. The van der Waals surface area contributed by atoms with Gasteiger partial charge in [0.15, 0.2) is 0 Å². The third-order valence-corrected chi connectivity index (χ3v) is 5.04. The molecule has 1 N–H and O–H groups in total. The summed E-state index contributed by atoms with van der Waals surface area (Å²) in [6.45, 7) is 2.32. The minimum absolute atomic E-state index is 0.786. The molecule has 1 atom stereocenters. The van der Waals surface area contributed by atoms with Gasteiger partial charge in [-0.2, -0.15) is 0 Å². The molecule has 3 heteroatoms. The Morgan fingerprint density at radius 1 is 1.22 bits per heavy atom. The zero-order chi connectivity index (χ0) is 16.1. The summed E-state index contributed by atoms with van der Waals surface area (Å²) in [5.41, 5.74) is 3.44. The molecule has 2 aromatic carbocycles. The van der Waals surface area contributed by atoms with E-state index in [1.807, 2.05) is 18.2 Å². The Labute approximate surface area is 143 Å². The summed E-state index contributed by atoms with van der Waals surface area (Å²) in [5, 5.41) is 4.34. The van der Waals surface area contributed by atoms with Crippen molar-refractivity contribution in [3.8, 4) is 16.9 Å². The smallest absolute Gasteiger partial charge is 0.126 e. The van der Waals surface area contributed by atoms with E-state index in [0.717, 1.165) is 40.8 Å². The molecule has 0 aromatic heterocycles. The van der Waals surface area contributed by atoms with Crippen molar-refractivity contribution in [2.45, 2.75) is 25.7 Å². The lowest BCUT2D eigenvalue weighted by atomic mass is 9.92. The topological polar surface area (TPSA) is 21.3 Å². The van der Waals surface area contributed by atoms with Crippen molar-refractivity contribution in [1.82, 2.24) is 5.32 Å². The van der Waals surface area contributed by atoms with Crippen LogP contribution in [-0.4, -0.2) is 20.2 Å². The Kier molecular flexibility index (Phi) is 5.58. The van der Waals surface area contributed by atoms with Crippen LogP contribution in [0.5, 0.6) is 5.75 Å². The van der Waals surface area contributed by atoms with Gasteiger partial charge in [0.2, 0.25) is 0 Å². The summed E-state index contributed by atoms with van der Waals surface area (Å²) in [4.78, 5) is 0. The second-order valence-electron chi connectivity index (χ2n) is 6.26. The van der Waals surface area contributed by atoms with E-state index < -0.39 is 0 Å². The Morgan fingerprint density at radius 3 is 2.83 bits per heavy atom. The fourth-order valence-electron chi connectivity index (χ4n) is 3.33. The molecule has 1 aliphatic heterocycles. The first-order valence-corrected chi connectivity index (χ1v) is 8.78. The Morgan fingerprint density at radius 2 is 2.09 bits per heavy atom. The Bertz CT molecular complexity index is 650. The van der Waals surface area contributed by atoms with Crippen LogP contribution in [0, 0.1) is 5.92 Å². The largest absolute Gasteiger partial charge is 0.496 e. The highest BCUT2D eigenvalue weighted by molar-refractivity contribution is 6.31. The fourth-order valence-corrected chi connectivity index (χ4v) is 3.61. The highest BCUT2D eigenvalue weighted by atomic mass is 35.5. The monoisotopic (exact) mass is 329 g/mol. The van der Waals surface area contributed by atoms with Crippen molar-refractivity contribution in [3.63, 3.8) is 0 Å². The first kappa shape index (κ1) is 16.4. The van der Waals surface area contributed by atoms with Gasteiger partial charge in [0.1, 0.15) is 5.75 Å². The molecule has 1 heterocycles. The number of hydrogen-bond donors (Lipinski definition) is 1. The lowest BCUT2D eigenvalue weighted by Gasteiger charge is -2.22. The summed E-state index contributed by atoms with van der Waals surface area (Å²) in [6.07, 6.45) is 4.90. The maximum Gasteiger partial charge on any atom is 0.126 e. The summed E-state index contributed by atoms with van der Waals surface area (Å²) in [5.74, 6) is 1.67. The minimum atomic E-state index is 0.786. The van der Waals surface area contributed by atoms with Gasteiger partial charge in [-0.25, -0.2) is 0 Å². The van der Waals surface area contributed by atoms with Crippen LogP contribution in [0.3, 0.4) is 0 Å². The van der Waals surface area contributed by atoms with Crippen LogP contribution in [0.15, 0.2) is 42.5 Å². The quantitative estimate of drug-likeness (QED) is 0.838. The SMILES string of the molecule is COc1ccccc1-c1ccc(CCC2CCCNC2)c(Cl)c1. The molecule has 23 heavy (non-hydrogen) atoms. The van der Waals surface area contributed by atoms with Crippen LogP contribution in [0.1, 0.15) is 24.8 Å². The van der Waals surface area contributed by atoms with E-state index in [9.17, 15) is 0 Å². The number of aryl methyl sites for hydroxylation is 1. The zero-order valence-electron chi connectivity index (χ0n) is 13.6. The van der Waals surface area contributed by atoms with Crippen LogP contribution >= 0.6 is 11.6 Å². The minimum Gasteiger partial charge on any atom is -0.496 e. The lowest BCUT2D eigenvalue weighted by molar-refractivity contribution is 0.358. The van der Waals surface area contributed by atoms with Crippen molar-refractivity contribution >= 4 is 11.6 Å². The van der Waals surface area contributed by atoms with E-state index >= 15 is 0 Å². The van der Waals surface area contributed by atoms with Gasteiger partial charge in [0.25, 0.3) is 0 Å². The van der Waals surface area contributed by atoms with E-state index in [1.165, 1.54) is 31.4 Å². The molecule has 0 aliphatic carbocycles. The number of benzene rings is 2. The molecular formula is C20H24ClNO. The number of nitrogens with one attached hydrogen (secondary N) is 1. The zero-order valence-corrected chi connectivity index (χ0v) is 14.4. The molecule has 1 unspecified atom stereocenters. The van der Waals surface area contributed by atoms with Crippen molar-refractivity contribution in [2.75, 3.05) is 20.2 Å². The van der Waals surface area contributed by atoms with Gasteiger partial charge in [0.05, 0.1) is 7.11 Å². The average molecular weight is 330 g/mol. The van der Waals surface area contributed by atoms with E-state index in [0.29, 0.717) is 0 Å². The van der Waals surface area contributed by atoms with Gasteiger partial charge < -0.3 is 10.1 Å². The number of rotatable bonds is 5. The maximum atomic E-state index is 6.54. The van der Waals surface area contributed by atoms with Gasteiger partial charge in [0, 0.05) is 10.6 Å². The molecule has 2 nitrogen and oxygen atoms in total. The highest BCUT2D eigenvalue weighted by Crippen LogP contribution is 2.33. The van der Waals surface area contributed by atoms with Gasteiger partial charge in [-0.3, -0.25) is 0 Å². The predicted molar refractivity (Wildman–Crippen MR) is 97.4 cm³/mol. The number of ether oxygens (including phenoxy) is 1. The van der Waals surface area contributed by atoms with Gasteiger partial charge in [-0.05, 0) is 68.0 Å². The third-order valence-electron chi connectivity index (χ3n) is 4.69. The number of halogens is 1. The Balaban J connectivity index is 1.72. The summed E-state index contributed by atoms with van der Waals surface area (Å²) in [7, 11) is 1.70. The molecule has 1 saturated heterocycles. The number of methoxy groups -OCH3 is 1. The number of piperidine rings is 1. The third kappa shape index (κ3) is 4.07. The summed E-state index contributed by atoms with van der Waals surface area (Å²) >= 11 is 6.54. The fraction of sp³-hybridized carbons (Fsp3) is 0.400. The normalized spacial score (nSPS) is 17.9. The molecule has 0 bridgehead atoms. The number of hydrogen-bond acceptors (Lipinski definition) is 2. The van der Waals surface area contributed by atoms with E-state index in [1.54, 1.807) is 7.11 Å². The Hall–Kier alpha value is -1.51. The van der Waals surface area contributed by atoms with Crippen LogP contribution in [-0.2, 0) is 6.42 Å². The van der Waals surface area contributed by atoms with Gasteiger partial charge in [-0.15, -0.1) is 0 Å². The number of para-hydroxylation sites is 1. The van der Waals surface area contributed by atoms with Crippen LogP contribution in [0.2, 0.25) is 5.02 Å². The van der Waals surface area contributed by atoms with Gasteiger partial charge >= 0.3 is 0 Å². The van der Waals surface area contributed by atoms with Crippen LogP contribution in [0.4, 0.5) is 0 Å². The van der Waals surface area contributed by atoms with Crippen molar-refractivity contribution in [2.24, 2.45) is 5.92 Å². The van der Waals surface area contributed by atoms with Crippen molar-refractivity contribution in [3.05, 3.63) is 53.1 Å². The van der Waals surface area contributed by atoms with Crippen molar-refractivity contribution < 1.29 is 4.74 Å². The maximum absolute atomic E-state index is 6.54. The lowest BCUT2D eigenvalue weighted by Crippen LogP contribution is -2.29. The molecule has 122 valence electrons. The molecule has 1 fully saturated rings. The van der Waals surface area contributed by atoms with E-state index in [-0.39, 0.29) is 0 Å². The molecule has 0 saturated carbocycles. The average Bonchev–Trinajstić information content (AvgIpc) is 2.61. The van der Waals surface area contributed by atoms with Gasteiger partial charge in [-0.1, -0.05) is 41.9 Å². The molecule has 1 aliphatic rings. The predicted octanol–water partition coefficient (Wildman–Crippen LogP) is 4.95. The van der Waals surface area contributed by atoms with Crippen LogP contribution in [0.25, 0.3) is 11.1 Å². The molecule has 2 aromatic rings. The summed E-state index contributed by atoms with van der Waals surface area (Å²) in [6, 6.07) is 14.4. The standard InChI is InChI=1S/C20H24ClNO/c1-23-20-7-3-2-6-18(20)17-11-10-16(19(21)13-17)9-8-15-5-4-12-22-14-15/h2-3,6-7,10-11,13,15,22H,4-5,8-9,12,14H2,1H3. The molecule has 0 spiro atoms. The molecule has 0 radical (unpaired) electrons. The van der Waals surface area contributed by atoms with Crippen molar-refractivity contribution in [1.29, 1.82) is 0 Å². The molecule has 3 rings (SSSR count).